The van der Waals surface area contributed by atoms with Gasteiger partial charge in [0, 0.05) is 24.8 Å². The highest BCUT2D eigenvalue weighted by molar-refractivity contribution is 5.88. The average Bonchev–Trinajstić information content (AvgIpc) is 2.51. The van der Waals surface area contributed by atoms with Gasteiger partial charge in [-0.05, 0) is 42.8 Å². The number of hydrogen-bond donors (Lipinski definition) is 2. The van der Waals surface area contributed by atoms with Gasteiger partial charge < -0.3 is 15.4 Å². The van der Waals surface area contributed by atoms with Crippen molar-refractivity contribution in [2.75, 3.05) is 17.2 Å². The van der Waals surface area contributed by atoms with Crippen molar-refractivity contribution < 1.29 is 14.3 Å². The quantitative estimate of drug-likeness (QED) is 0.634. The van der Waals surface area contributed by atoms with Crippen LogP contribution in [0.5, 0.6) is 5.75 Å². The number of benzene rings is 2. The summed E-state index contributed by atoms with van der Waals surface area (Å²) in [5, 5.41) is 5.87. The van der Waals surface area contributed by atoms with Gasteiger partial charge in [0.05, 0.1) is 6.42 Å². The van der Waals surface area contributed by atoms with Gasteiger partial charge in [-0.1, -0.05) is 18.2 Å². The molecule has 5 heteroatoms. The molecule has 0 saturated carbocycles. The minimum Gasteiger partial charge on any atom is -0.426 e. The van der Waals surface area contributed by atoms with Crippen LogP contribution in [-0.4, -0.2) is 18.4 Å². The van der Waals surface area contributed by atoms with Gasteiger partial charge in [-0.3, -0.25) is 9.59 Å². The number of carbonyl (C=O) groups excluding carboxylic acids is 2. The fraction of sp³-hybridized carbons (Fsp3) is 0.222. The van der Waals surface area contributed by atoms with E-state index >= 15 is 0 Å². The second-order valence-corrected chi connectivity index (χ2v) is 5.17. The van der Waals surface area contributed by atoms with Gasteiger partial charge in [0.1, 0.15) is 5.75 Å². The molecule has 0 bridgehead atoms. The SMILES string of the molecule is CC(=O)Nc1ccc(OC(=O)CCNc2ccccc2C)cc1. The lowest BCUT2D eigenvalue weighted by atomic mass is 10.2. The maximum atomic E-state index is 11.8. The highest BCUT2D eigenvalue weighted by Crippen LogP contribution is 2.16. The van der Waals surface area contributed by atoms with Crippen LogP contribution in [0, 0.1) is 6.92 Å². The Morgan fingerprint density at radius 2 is 1.74 bits per heavy atom. The Kier molecular flexibility index (Phi) is 5.74. The molecule has 0 aliphatic carbocycles. The fourth-order valence-corrected chi connectivity index (χ4v) is 2.06. The zero-order valence-electron chi connectivity index (χ0n) is 13.3. The predicted molar refractivity (Wildman–Crippen MR) is 90.7 cm³/mol. The first-order chi connectivity index (χ1) is 11.0. The van der Waals surface area contributed by atoms with Crippen LogP contribution in [0.1, 0.15) is 18.9 Å². The van der Waals surface area contributed by atoms with Crippen molar-refractivity contribution in [3.05, 3.63) is 54.1 Å². The monoisotopic (exact) mass is 312 g/mol. The number of aryl methyl sites for hydroxylation is 1. The Balaban J connectivity index is 1.78. The highest BCUT2D eigenvalue weighted by Gasteiger charge is 2.05. The summed E-state index contributed by atoms with van der Waals surface area (Å²) >= 11 is 0. The van der Waals surface area contributed by atoms with E-state index in [0.29, 0.717) is 18.0 Å². The summed E-state index contributed by atoms with van der Waals surface area (Å²) in [6.45, 7) is 3.96. The molecule has 0 radical (unpaired) electrons. The number of carbonyl (C=O) groups is 2. The molecule has 5 nitrogen and oxygen atoms in total. The summed E-state index contributed by atoms with van der Waals surface area (Å²) in [5.74, 6) is 0.00961. The van der Waals surface area contributed by atoms with E-state index in [1.165, 1.54) is 6.92 Å². The third-order valence-electron chi connectivity index (χ3n) is 3.20. The summed E-state index contributed by atoms with van der Waals surface area (Å²) < 4.78 is 5.25. The van der Waals surface area contributed by atoms with Crippen molar-refractivity contribution >= 4 is 23.3 Å². The molecule has 0 aliphatic rings. The maximum Gasteiger partial charge on any atom is 0.312 e. The van der Waals surface area contributed by atoms with Crippen LogP contribution >= 0.6 is 0 Å². The third-order valence-corrected chi connectivity index (χ3v) is 3.20. The summed E-state index contributed by atoms with van der Waals surface area (Å²) in [6, 6.07) is 14.6. The molecule has 0 aliphatic heterocycles. The Labute approximate surface area is 135 Å². The number of para-hydroxylation sites is 1. The number of anilines is 2. The van der Waals surface area contributed by atoms with E-state index in [1.54, 1.807) is 24.3 Å². The summed E-state index contributed by atoms with van der Waals surface area (Å²) in [5.41, 5.74) is 2.81. The van der Waals surface area contributed by atoms with Gasteiger partial charge in [0.25, 0.3) is 0 Å². The molecular weight excluding hydrogens is 292 g/mol. The molecule has 0 unspecified atom stereocenters. The van der Waals surface area contributed by atoms with E-state index in [2.05, 4.69) is 10.6 Å². The number of ether oxygens (including phenoxy) is 1. The summed E-state index contributed by atoms with van der Waals surface area (Å²) in [7, 11) is 0. The van der Waals surface area contributed by atoms with Crippen molar-refractivity contribution in [1.29, 1.82) is 0 Å². The van der Waals surface area contributed by atoms with Gasteiger partial charge in [-0.25, -0.2) is 0 Å². The van der Waals surface area contributed by atoms with Gasteiger partial charge >= 0.3 is 5.97 Å². The van der Waals surface area contributed by atoms with E-state index in [-0.39, 0.29) is 18.3 Å². The predicted octanol–water partition coefficient (Wildman–Crippen LogP) is 3.36. The number of esters is 1. The van der Waals surface area contributed by atoms with Crippen LogP contribution in [0.25, 0.3) is 0 Å². The van der Waals surface area contributed by atoms with Crippen LogP contribution in [0.4, 0.5) is 11.4 Å². The van der Waals surface area contributed by atoms with Crippen molar-refractivity contribution in [3.8, 4) is 5.75 Å². The van der Waals surface area contributed by atoms with Gasteiger partial charge in [0.2, 0.25) is 5.91 Å². The molecule has 23 heavy (non-hydrogen) atoms. The topological polar surface area (TPSA) is 67.4 Å². The molecule has 2 aromatic rings. The van der Waals surface area contributed by atoms with Gasteiger partial charge in [0.15, 0.2) is 0 Å². The second-order valence-electron chi connectivity index (χ2n) is 5.17. The molecule has 2 rings (SSSR count). The number of rotatable bonds is 6. The molecule has 0 heterocycles. The largest absolute Gasteiger partial charge is 0.426 e. The molecule has 0 saturated heterocycles. The summed E-state index contributed by atoms with van der Waals surface area (Å²) in [6.07, 6.45) is 0.266. The molecular formula is C18H20N2O3. The van der Waals surface area contributed by atoms with Crippen molar-refractivity contribution in [1.82, 2.24) is 0 Å². The lowest BCUT2D eigenvalue weighted by molar-refractivity contribution is -0.134. The van der Waals surface area contributed by atoms with Crippen LogP contribution in [-0.2, 0) is 9.59 Å². The maximum absolute atomic E-state index is 11.8. The van der Waals surface area contributed by atoms with Crippen LogP contribution in [0.3, 0.4) is 0 Å². The van der Waals surface area contributed by atoms with E-state index in [4.69, 9.17) is 4.74 Å². The first-order valence-corrected chi connectivity index (χ1v) is 7.42. The van der Waals surface area contributed by atoms with Crippen LogP contribution in [0.2, 0.25) is 0 Å². The zero-order valence-corrected chi connectivity index (χ0v) is 13.3. The second kappa shape index (κ2) is 7.98. The molecule has 2 N–H and O–H groups in total. The number of hydrogen-bond acceptors (Lipinski definition) is 4. The molecule has 0 aromatic heterocycles. The van der Waals surface area contributed by atoms with Crippen LogP contribution in [0.15, 0.2) is 48.5 Å². The van der Waals surface area contributed by atoms with Crippen molar-refractivity contribution in [2.24, 2.45) is 0 Å². The van der Waals surface area contributed by atoms with E-state index in [0.717, 1.165) is 11.3 Å². The van der Waals surface area contributed by atoms with E-state index < -0.39 is 0 Å². The molecule has 0 spiro atoms. The smallest absolute Gasteiger partial charge is 0.312 e. The zero-order chi connectivity index (χ0) is 16.7. The Morgan fingerprint density at radius 3 is 2.39 bits per heavy atom. The fourth-order valence-electron chi connectivity index (χ4n) is 2.06. The molecule has 0 fully saturated rings. The number of amides is 1. The normalized spacial score (nSPS) is 10.0. The van der Waals surface area contributed by atoms with E-state index in [1.807, 2.05) is 31.2 Å². The molecule has 0 atom stereocenters. The van der Waals surface area contributed by atoms with E-state index in [9.17, 15) is 9.59 Å². The minimum absolute atomic E-state index is 0.142. The Bertz CT molecular complexity index is 681. The average molecular weight is 312 g/mol. The first kappa shape index (κ1) is 16.5. The lowest BCUT2D eigenvalue weighted by Crippen LogP contribution is -2.14. The van der Waals surface area contributed by atoms with Crippen molar-refractivity contribution in [2.45, 2.75) is 20.3 Å². The molecule has 2 aromatic carbocycles. The van der Waals surface area contributed by atoms with Gasteiger partial charge in [-0.2, -0.15) is 0 Å². The summed E-state index contributed by atoms with van der Waals surface area (Å²) in [4.78, 5) is 22.7. The first-order valence-electron chi connectivity index (χ1n) is 7.42. The Hall–Kier alpha value is -2.82. The third kappa shape index (κ3) is 5.47. The minimum atomic E-state index is -0.307. The molecule has 1 amide bonds. The van der Waals surface area contributed by atoms with Crippen molar-refractivity contribution in [3.63, 3.8) is 0 Å². The van der Waals surface area contributed by atoms with Crippen LogP contribution < -0.4 is 15.4 Å². The molecule has 120 valence electrons. The van der Waals surface area contributed by atoms with Gasteiger partial charge in [-0.15, -0.1) is 0 Å². The Morgan fingerprint density at radius 1 is 1.04 bits per heavy atom. The lowest BCUT2D eigenvalue weighted by Gasteiger charge is -2.09. The standard InChI is InChI=1S/C18H20N2O3/c1-13-5-3-4-6-17(13)19-12-11-18(22)23-16-9-7-15(8-10-16)20-14(2)21/h3-10,19H,11-12H2,1-2H3,(H,20,21). The highest BCUT2D eigenvalue weighted by atomic mass is 16.5. The number of nitrogens with one attached hydrogen (secondary N) is 2.